The highest BCUT2D eigenvalue weighted by molar-refractivity contribution is 7.89. The molecule has 0 unspecified atom stereocenters. The standard InChI is InChI=1S/C10H9F4NO4S/c1-5-7(11)2-6(9(16)17)3-8(5)20(18,19)15-4-10(12,13)14/h2-3,15H,4H2,1H3,(H,16,17). The summed E-state index contributed by atoms with van der Waals surface area (Å²) >= 11 is 0. The molecule has 10 heteroatoms. The number of carboxylic acids is 1. The first kappa shape index (κ1) is 16.4. The molecule has 20 heavy (non-hydrogen) atoms. The topological polar surface area (TPSA) is 83.5 Å². The minimum Gasteiger partial charge on any atom is -0.478 e. The maximum absolute atomic E-state index is 13.4. The van der Waals surface area contributed by atoms with Crippen LogP contribution in [0.3, 0.4) is 0 Å². The summed E-state index contributed by atoms with van der Waals surface area (Å²) < 4.78 is 74.0. The van der Waals surface area contributed by atoms with Gasteiger partial charge in [0.05, 0.1) is 10.5 Å². The van der Waals surface area contributed by atoms with Crippen molar-refractivity contribution in [3.63, 3.8) is 0 Å². The molecule has 0 amide bonds. The summed E-state index contributed by atoms with van der Waals surface area (Å²) in [4.78, 5) is 9.85. The third-order valence-corrected chi connectivity index (χ3v) is 3.82. The van der Waals surface area contributed by atoms with Crippen LogP contribution in [0, 0.1) is 12.7 Å². The summed E-state index contributed by atoms with van der Waals surface area (Å²) in [6.45, 7) is -0.823. The molecule has 1 aromatic carbocycles. The van der Waals surface area contributed by atoms with Gasteiger partial charge in [-0.1, -0.05) is 0 Å². The summed E-state index contributed by atoms with van der Waals surface area (Å²) in [5, 5.41) is 8.69. The van der Waals surface area contributed by atoms with Crippen molar-refractivity contribution in [2.45, 2.75) is 18.0 Å². The SMILES string of the molecule is Cc1c(F)cc(C(=O)O)cc1S(=O)(=O)NCC(F)(F)F. The molecule has 0 radical (unpaired) electrons. The Morgan fingerprint density at radius 1 is 1.35 bits per heavy atom. The molecule has 0 aromatic heterocycles. The molecule has 2 N–H and O–H groups in total. The largest absolute Gasteiger partial charge is 0.478 e. The number of benzene rings is 1. The molecule has 0 aliphatic carbocycles. The van der Waals surface area contributed by atoms with Gasteiger partial charge in [0.1, 0.15) is 12.4 Å². The predicted molar refractivity (Wildman–Crippen MR) is 59.3 cm³/mol. The summed E-state index contributed by atoms with van der Waals surface area (Å²) in [5.41, 5.74) is -1.15. The lowest BCUT2D eigenvalue weighted by atomic mass is 10.1. The normalized spacial score (nSPS) is 12.4. The van der Waals surface area contributed by atoms with Crippen molar-refractivity contribution < 1.29 is 35.9 Å². The Labute approximate surface area is 111 Å². The Morgan fingerprint density at radius 2 is 1.90 bits per heavy atom. The van der Waals surface area contributed by atoms with Crippen molar-refractivity contribution in [3.05, 3.63) is 29.1 Å². The Morgan fingerprint density at radius 3 is 2.35 bits per heavy atom. The predicted octanol–water partition coefficient (Wildman–Crippen LogP) is 1.67. The number of hydrogen-bond donors (Lipinski definition) is 2. The highest BCUT2D eigenvalue weighted by Crippen LogP contribution is 2.22. The van der Waals surface area contributed by atoms with Gasteiger partial charge in [-0.2, -0.15) is 13.2 Å². The van der Waals surface area contributed by atoms with Crippen LogP contribution < -0.4 is 4.72 Å². The second-order valence-electron chi connectivity index (χ2n) is 3.83. The van der Waals surface area contributed by atoms with Gasteiger partial charge in [-0.25, -0.2) is 22.3 Å². The van der Waals surface area contributed by atoms with Crippen LogP contribution >= 0.6 is 0 Å². The van der Waals surface area contributed by atoms with Crippen molar-refractivity contribution >= 4 is 16.0 Å². The first-order valence-electron chi connectivity index (χ1n) is 5.04. The minimum atomic E-state index is -4.79. The van der Waals surface area contributed by atoms with Crippen LogP contribution in [0.5, 0.6) is 0 Å². The summed E-state index contributed by atoms with van der Waals surface area (Å²) in [5.74, 6) is -2.74. The van der Waals surface area contributed by atoms with E-state index >= 15 is 0 Å². The number of rotatable bonds is 4. The third-order valence-electron chi connectivity index (χ3n) is 2.30. The van der Waals surface area contributed by atoms with E-state index in [1.54, 1.807) is 0 Å². The molecule has 0 atom stereocenters. The van der Waals surface area contributed by atoms with E-state index in [4.69, 9.17) is 5.11 Å². The maximum atomic E-state index is 13.4. The lowest BCUT2D eigenvalue weighted by molar-refractivity contribution is -0.121. The second kappa shape index (κ2) is 5.37. The highest BCUT2D eigenvalue weighted by Gasteiger charge is 2.31. The van der Waals surface area contributed by atoms with Gasteiger partial charge >= 0.3 is 12.1 Å². The fourth-order valence-electron chi connectivity index (χ4n) is 1.31. The molecule has 0 saturated heterocycles. The van der Waals surface area contributed by atoms with Crippen LogP contribution in [0.25, 0.3) is 0 Å². The van der Waals surface area contributed by atoms with Crippen LogP contribution in [0.15, 0.2) is 17.0 Å². The van der Waals surface area contributed by atoms with Gasteiger partial charge in [0, 0.05) is 5.56 Å². The van der Waals surface area contributed by atoms with Gasteiger partial charge in [-0.15, -0.1) is 0 Å². The van der Waals surface area contributed by atoms with Crippen LogP contribution in [-0.2, 0) is 10.0 Å². The average Bonchev–Trinajstić information content (AvgIpc) is 2.28. The molecule has 0 saturated carbocycles. The van der Waals surface area contributed by atoms with E-state index in [9.17, 15) is 30.8 Å². The molecule has 0 heterocycles. The zero-order chi connectivity index (χ0) is 15.7. The molecule has 5 nitrogen and oxygen atoms in total. The summed E-state index contributed by atoms with van der Waals surface area (Å²) in [7, 11) is -4.68. The Hall–Kier alpha value is -1.68. The number of carboxylic acid groups (broad SMARTS) is 1. The van der Waals surface area contributed by atoms with Gasteiger partial charge in [-0.3, -0.25) is 0 Å². The molecule has 0 fully saturated rings. The van der Waals surface area contributed by atoms with Crippen molar-refractivity contribution in [3.8, 4) is 0 Å². The quantitative estimate of drug-likeness (QED) is 0.828. The van der Waals surface area contributed by atoms with Crippen molar-refractivity contribution in [2.24, 2.45) is 0 Å². The molecule has 0 spiro atoms. The van der Waals surface area contributed by atoms with E-state index in [1.165, 1.54) is 4.72 Å². The molecule has 1 aromatic rings. The van der Waals surface area contributed by atoms with Gasteiger partial charge < -0.3 is 5.11 Å². The molecule has 0 bridgehead atoms. The summed E-state index contributed by atoms with van der Waals surface area (Å²) in [6, 6.07) is 1.18. The average molecular weight is 315 g/mol. The Bertz CT molecular complexity index is 639. The first-order chi connectivity index (χ1) is 8.94. The number of hydrogen-bond acceptors (Lipinski definition) is 3. The second-order valence-corrected chi connectivity index (χ2v) is 5.56. The van der Waals surface area contributed by atoms with Crippen LogP contribution in [-0.4, -0.2) is 32.2 Å². The van der Waals surface area contributed by atoms with E-state index < -0.39 is 50.6 Å². The fraction of sp³-hybridized carbons (Fsp3) is 0.300. The smallest absolute Gasteiger partial charge is 0.402 e. The van der Waals surface area contributed by atoms with E-state index in [0.717, 1.165) is 6.92 Å². The molecule has 112 valence electrons. The number of sulfonamides is 1. The zero-order valence-electron chi connectivity index (χ0n) is 9.95. The molecule has 1 rings (SSSR count). The van der Waals surface area contributed by atoms with Crippen LogP contribution in [0.1, 0.15) is 15.9 Å². The van der Waals surface area contributed by atoms with E-state index in [-0.39, 0.29) is 0 Å². The van der Waals surface area contributed by atoms with Gasteiger partial charge in [0.2, 0.25) is 10.0 Å². The minimum absolute atomic E-state index is 0.468. The first-order valence-corrected chi connectivity index (χ1v) is 6.52. The zero-order valence-corrected chi connectivity index (χ0v) is 10.8. The van der Waals surface area contributed by atoms with E-state index in [0.29, 0.717) is 12.1 Å². The number of halogens is 4. The Kier molecular flexibility index (Phi) is 4.39. The molecule has 0 aliphatic heterocycles. The number of aromatic carboxylic acids is 1. The highest BCUT2D eigenvalue weighted by atomic mass is 32.2. The van der Waals surface area contributed by atoms with Gasteiger partial charge in [0.15, 0.2) is 0 Å². The third kappa shape index (κ3) is 3.90. The molecular weight excluding hydrogens is 306 g/mol. The fourth-order valence-corrected chi connectivity index (χ4v) is 2.60. The van der Waals surface area contributed by atoms with E-state index in [2.05, 4.69) is 0 Å². The summed E-state index contributed by atoms with van der Waals surface area (Å²) in [6.07, 6.45) is -4.79. The monoisotopic (exact) mass is 315 g/mol. The number of nitrogens with one attached hydrogen (secondary N) is 1. The molecular formula is C10H9F4NO4S. The van der Waals surface area contributed by atoms with Gasteiger partial charge in [0.25, 0.3) is 0 Å². The Balaban J connectivity index is 3.27. The van der Waals surface area contributed by atoms with Gasteiger partial charge in [-0.05, 0) is 19.1 Å². The van der Waals surface area contributed by atoms with Crippen molar-refractivity contribution in [2.75, 3.05) is 6.54 Å². The lowest BCUT2D eigenvalue weighted by Crippen LogP contribution is -2.34. The van der Waals surface area contributed by atoms with Crippen molar-refractivity contribution in [1.29, 1.82) is 0 Å². The number of carbonyl (C=O) groups is 1. The van der Waals surface area contributed by atoms with E-state index in [1.807, 2.05) is 0 Å². The van der Waals surface area contributed by atoms with Crippen molar-refractivity contribution in [1.82, 2.24) is 4.72 Å². The van der Waals surface area contributed by atoms with Crippen LogP contribution in [0.4, 0.5) is 17.6 Å². The van der Waals surface area contributed by atoms with Crippen LogP contribution in [0.2, 0.25) is 0 Å². The molecule has 0 aliphatic rings. The lowest BCUT2D eigenvalue weighted by Gasteiger charge is -2.12. The number of alkyl halides is 3. The maximum Gasteiger partial charge on any atom is 0.402 e.